The number of hydrogen-bond donors (Lipinski definition) is 1. The van der Waals surface area contributed by atoms with E-state index in [4.69, 9.17) is 29.0 Å². The smallest absolute Gasteiger partial charge is 0.361 e. The van der Waals surface area contributed by atoms with Gasteiger partial charge in [-0.25, -0.2) is 15.0 Å². The molecule has 0 bridgehead atoms. The molecule has 0 radical (unpaired) electrons. The van der Waals surface area contributed by atoms with Crippen LogP contribution in [-0.2, 0) is 44.0 Å². The monoisotopic (exact) mass is 501 g/mol. The lowest BCUT2D eigenvalue weighted by Crippen LogP contribution is -2.14. The second-order valence-electron chi connectivity index (χ2n) is 7.25. The predicted molar refractivity (Wildman–Crippen MR) is 121 cm³/mol. The van der Waals surface area contributed by atoms with Crippen molar-refractivity contribution in [3.8, 4) is 0 Å². The predicted octanol–water partition coefficient (Wildman–Crippen LogP) is 2.99. The SMILES string of the molecule is CCCCC(=O)OCOP(=O)(COCCn1cnc2c(N)ncnc21)OCOC(=O)CCCC. The van der Waals surface area contributed by atoms with Crippen LogP contribution in [0.1, 0.15) is 52.4 Å². The maximum absolute atomic E-state index is 13.0. The summed E-state index contributed by atoms with van der Waals surface area (Å²) < 4.78 is 40.4. The van der Waals surface area contributed by atoms with Crippen LogP contribution in [0.3, 0.4) is 0 Å². The highest BCUT2D eigenvalue weighted by atomic mass is 31.2. The van der Waals surface area contributed by atoms with Gasteiger partial charge in [0.15, 0.2) is 11.5 Å². The largest absolute Gasteiger partial charge is 0.438 e. The minimum absolute atomic E-state index is 0.110. The third kappa shape index (κ3) is 9.34. The van der Waals surface area contributed by atoms with E-state index in [2.05, 4.69) is 15.0 Å². The summed E-state index contributed by atoms with van der Waals surface area (Å²) in [6, 6.07) is 0. The van der Waals surface area contributed by atoms with Gasteiger partial charge in [0.1, 0.15) is 18.2 Å². The number of anilines is 1. The van der Waals surface area contributed by atoms with Gasteiger partial charge in [0.2, 0.25) is 13.6 Å². The molecule has 0 spiro atoms. The van der Waals surface area contributed by atoms with Gasteiger partial charge in [-0.1, -0.05) is 26.7 Å². The van der Waals surface area contributed by atoms with Crippen molar-refractivity contribution in [2.45, 2.75) is 58.9 Å². The lowest BCUT2D eigenvalue weighted by Gasteiger charge is -2.18. The van der Waals surface area contributed by atoms with Crippen LogP contribution < -0.4 is 5.73 Å². The molecule has 13 nitrogen and oxygen atoms in total. The van der Waals surface area contributed by atoms with Crippen molar-refractivity contribution in [3.05, 3.63) is 12.7 Å². The first-order valence-electron chi connectivity index (χ1n) is 11.1. The van der Waals surface area contributed by atoms with Crippen LogP contribution in [0.5, 0.6) is 0 Å². The van der Waals surface area contributed by atoms with Crippen molar-refractivity contribution in [1.82, 2.24) is 19.5 Å². The summed E-state index contributed by atoms with van der Waals surface area (Å²) in [5, 5.41) is 0. The van der Waals surface area contributed by atoms with E-state index in [0.717, 1.165) is 12.8 Å². The molecule has 14 heteroatoms. The molecule has 34 heavy (non-hydrogen) atoms. The minimum Gasteiger partial charge on any atom is -0.438 e. The number of unbranched alkanes of at least 4 members (excludes halogenated alkanes) is 2. The molecule has 2 heterocycles. The molecule has 2 aromatic heterocycles. The van der Waals surface area contributed by atoms with Crippen molar-refractivity contribution in [2.75, 3.05) is 32.3 Å². The fourth-order valence-electron chi connectivity index (χ4n) is 2.64. The second kappa shape index (κ2) is 14.6. The molecular weight excluding hydrogens is 469 g/mol. The van der Waals surface area contributed by atoms with Crippen LogP contribution in [0, 0.1) is 0 Å². The van der Waals surface area contributed by atoms with Crippen molar-refractivity contribution in [1.29, 1.82) is 0 Å². The van der Waals surface area contributed by atoms with Gasteiger partial charge >= 0.3 is 19.5 Å². The summed E-state index contributed by atoms with van der Waals surface area (Å²) in [5.74, 6) is -0.694. The highest BCUT2D eigenvalue weighted by Crippen LogP contribution is 2.48. The van der Waals surface area contributed by atoms with Gasteiger partial charge in [0.05, 0.1) is 12.9 Å². The molecule has 0 aliphatic heterocycles. The Balaban J connectivity index is 1.86. The summed E-state index contributed by atoms with van der Waals surface area (Å²) in [7, 11) is -3.89. The number of carbonyl (C=O) groups excluding carboxylic acids is 2. The summed E-state index contributed by atoms with van der Waals surface area (Å²) >= 11 is 0. The van der Waals surface area contributed by atoms with Crippen molar-refractivity contribution < 1.29 is 37.4 Å². The van der Waals surface area contributed by atoms with Gasteiger partial charge in [-0.15, -0.1) is 0 Å². The van der Waals surface area contributed by atoms with Crippen molar-refractivity contribution in [2.24, 2.45) is 0 Å². The van der Waals surface area contributed by atoms with Gasteiger partial charge in [0.25, 0.3) is 0 Å². The lowest BCUT2D eigenvalue weighted by atomic mass is 10.3. The van der Waals surface area contributed by atoms with E-state index in [9.17, 15) is 14.2 Å². The van der Waals surface area contributed by atoms with E-state index in [1.54, 1.807) is 4.57 Å². The van der Waals surface area contributed by atoms with E-state index in [1.807, 2.05) is 13.8 Å². The summed E-state index contributed by atoms with van der Waals surface area (Å²) in [6.07, 6.45) is 5.88. The highest BCUT2D eigenvalue weighted by Gasteiger charge is 2.27. The van der Waals surface area contributed by atoms with Crippen molar-refractivity contribution in [3.63, 3.8) is 0 Å². The molecule has 0 unspecified atom stereocenters. The molecule has 0 fully saturated rings. The van der Waals surface area contributed by atoms with Crippen LogP contribution in [0.2, 0.25) is 0 Å². The van der Waals surface area contributed by atoms with E-state index in [1.165, 1.54) is 12.7 Å². The summed E-state index contributed by atoms with van der Waals surface area (Å²) in [5.41, 5.74) is 6.77. The molecule has 0 amide bonds. The molecule has 2 N–H and O–H groups in total. The first-order valence-corrected chi connectivity index (χ1v) is 12.8. The van der Waals surface area contributed by atoms with Gasteiger partial charge in [-0.2, -0.15) is 0 Å². The zero-order valence-corrected chi connectivity index (χ0v) is 20.4. The Morgan fingerprint density at radius 3 is 2.21 bits per heavy atom. The molecular formula is C20H32N5O8P. The van der Waals surface area contributed by atoms with Crippen LogP contribution in [0.15, 0.2) is 12.7 Å². The fraction of sp³-hybridized carbons (Fsp3) is 0.650. The van der Waals surface area contributed by atoms with Gasteiger partial charge < -0.3 is 24.5 Å². The average Bonchev–Trinajstić information content (AvgIpc) is 3.23. The Morgan fingerprint density at radius 1 is 1.00 bits per heavy atom. The zero-order chi connectivity index (χ0) is 24.8. The third-order valence-corrected chi connectivity index (χ3v) is 6.06. The highest BCUT2D eigenvalue weighted by molar-refractivity contribution is 7.53. The first kappa shape index (κ1) is 27.6. The average molecular weight is 501 g/mol. The van der Waals surface area contributed by atoms with Gasteiger partial charge in [-0.05, 0) is 12.8 Å². The van der Waals surface area contributed by atoms with Gasteiger partial charge in [0, 0.05) is 19.4 Å². The van der Waals surface area contributed by atoms with Crippen LogP contribution in [0.25, 0.3) is 11.2 Å². The van der Waals surface area contributed by atoms with Crippen LogP contribution in [-0.4, -0.2) is 58.0 Å². The van der Waals surface area contributed by atoms with E-state index < -0.39 is 39.5 Å². The molecule has 0 aliphatic carbocycles. The number of nitrogen functional groups attached to an aromatic ring is 1. The van der Waals surface area contributed by atoms with E-state index in [0.29, 0.717) is 30.6 Å². The molecule has 0 aromatic carbocycles. The molecule has 2 rings (SSSR count). The molecule has 190 valence electrons. The van der Waals surface area contributed by atoms with Crippen molar-refractivity contribution >= 4 is 36.5 Å². The van der Waals surface area contributed by atoms with E-state index >= 15 is 0 Å². The number of hydrogen-bond acceptors (Lipinski definition) is 12. The lowest BCUT2D eigenvalue weighted by molar-refractivity contribution is -0.152. The number of carbonyl (C=O) groups is 2. The number of aromatic nitrogens is 4. The molecule has 0 saturated heterocycles. The Labute approximate surface area is 197 Å². The molecule has 0 saturated carbocycles. The number of ether oxygens (including phenoxy) is 3. The molecule has 0 aliphatic rings. The van der Waals surface area contributed by atoms with Crippen LogP contribution in [0.4, 0.5) is 5.82 Å². The quantitative estimate of drug-likeness (QED) is 0.146. The van der Waals surface area contributed by atoms with Gasteiger partial charge in [-0.3, -0.25) is 23.2 Å². The first-order chi connectivity index (χ1) is 16.4. The zero-order valence-electron chi connectivity index (χ0n) is 19.5. The number of esters is 2. The third-order valence-electron chi connectivity index (χ3n) is 4.56. The Morgan fingerprint density at radius 2 is 1.62 bits per heavy atom. The molecule has 2 aromatic rings. The number of fused-ring (bicyclic) bond motifs is 1. The number of rotatable bonds is 17. The topological polar surface area (TPSA) is 167 Å². The Hall–Kier alpha value is -2.60. The maximum Gasteiger partial charge on any atom is 0.361 e. The maximum atomic E-state index is 13.0. The molecule has 0 atom stereocenters. The second-order valence-corrected chi connectivity index (χ2v) is 9.25. The number of nitrogens with two attached hydrogens (primary N) is 1. The fourth-order valence-corrected chi connectivity index (χ4v) is 3.65. The standard InChI is InChI=1S/C20H32N5O8P/c1-3-5-7-16(26)30-13-32-34(28,33-14-31-17(27)8-6-4-2)15-29-10-9-25-12-24-18-19(21)22-11-23-20(18)25/h11-12H,3-10,13-15H2,1-2H3,(H2,21,22,23). The summed E-state index contributed by atoms with van der Waals surface area (Å²) in [4.78, 5) is 35.5. The normalized spacial score (nSPS) is 11.6. The van der Waals surface area contributed by atoms with Crippen LogP contribution >= 0.6 is 7.60 Å². The Bertz CT molecular complexity index is 940. The minimum atomic E-state index is -3.89. The number of imidazole rings is 1. The number of nitrogens with zero attached hydrogens (tertiary/aromatic N) is 4. The van der Waals surface area contributed by atoms with E-state index in [-0.39, 0.29) is 25.3 Å². The Kier molecular flexibility index (Phi) is 11.9. The summed E-state index contributed by atoms with van der Waals surface area (Å²) in [6.45, 7) is 3.17.